The minimum atomic E-state index is -0.811. The Kier molecular flexibility index (Phi) is 5.37. The number of nitrogens with zero attached hydrogens (tertiary/aromatic N) is 2. The smallest absolute Gasteiger partial charge is 0.313 e. The van der Waals surface area contributed by atoms with Crippen LogP contribution >= 0.6 is 23.5 Å². The molecule has 0 unspecified atom stereocenters. The average Bonchev–Trinajstić information content (AvgIpc) is 2.76. The van der Waals surface area contributed by atoms with Gasteiger partial charge in [0.05, 0.1) is 16.8 Å². The first-order valence-electron chi connectivity index (χ1n) is 6.43. The second kappa shape index (κ2) is 7.04. The van der Waals surface area contributed by atoms with Crippen LogP contribution in [0.4, 0.5) is 0 Å². The topological polar surface area (TPSA) is 55.1 Å². The maximum atomic E-state index is 10.8. The van der Waals surface area contributed by atoms with Crippen LogP contribution < -0.4 is 0 Å². The van der Waals surface area contributed by atoms with Crippen LogP contribution in [0.3, 0.4) is 0 Å². The van der Waals surface area contributed by atoms with Crippen molar-refractivity contribution < 1.29 is 9.90 Å². The molecule has 0 radical (unpaired) electrons. The van der Waals surface area contributed by atoms with Crippen LogP contribution in [0, 0.1) is 6.92 Å². The highest BCUT2D eigenvalue weighted by atomic mass is 32.2. The third-order valence-corrected chi connectivity index (χ3v) is 4.65. The molecular weight excluding hydrogens is 292 g/mol. The molecule has 108 valence electrons. The zero-order valence-corrected chi connectivity index (χ0v) is 13.3. The van der Waals surface area contributed by atoms with Gasteiger partial charge >= 0.3 is 5.97 Å². The zero-order valence-electron chi connectivity index (χ0n) is 11.6. The van der Waals surface area contributed by atoms with Gasteiger partial charge in [-0.1, -0.05) is 23.9 Å². The predicted octanol–water partition coefficient (Wildman–Crippen LogP) is 3.27. The lowest BCUT2D eigenvalue weighted by Crippen LogP contribution is -2.04. The molecule has 0 atom stereocenters. The Morgan fingerprint density at radius 1 is 1.45 bits per heavy atom. The van der Waals surface area contributed by atoms with E-state index in [-0.39, 0.29) is 5.75 Å². The number of hydrogen-bond donors (Lipinski definition) is 1. The zero-order chi connectivity index (χ0) is 14.5. The van der Waals surface area contributed by atoms with Crippen molar-refractivity contribution in [1.82, 2.24) is 9.55 Å². The Balaban J connectivity index is 2.35. The number of fused-ring (bicyclic) bond motifs is 1. The van der Waals surface area contributed by atoms with Gasteiger partial charge in [0.2, 0.25) is 0 Å². The molecule has 2 rings (SSSR count). The van der Waals surface area contributed by atoms with Gasteiger partial charge in [-0.3, -0.25) is 4.79 Å². The number of aliphatic carboxylic acids is 1. The molecule has 0 amide bonds. The third kappa shape index (κ3) is 3.49. The number of thioether (sulfide) groups is 2. The number of benzene rings is 1. The Morgan fingerprint density at radius 3 is 2.95 bits per heavy atom. The summed E-state index contributed by atoms with van der Waals surface area (Å²) in [6.07, 6.45) is 3.15. The molecule has 1 N–H and O–H groups in total. The molecule has 0 fully saturated rings. The lowest BCUT2D eigenvalue weighted by molar-refractivity contribution is -0.133. The van der Waals surface area contributed by atoms with Gasteiger partial charge in [0.15, 0.2) is 5.16 Å². The van der Waals surface area contributed by atoms with Gasteiger partial charge in [0.25, 0.3) is 0 Å². The van der Waals surface area contributed by atoms with Gasteiger partial charge < -0.3 is 9.67 Å². The molecule has 6 heteroatoms. The number of aryl methyl sites for hydroxylation is 2. The summed E-state index contributed by atoms with van der Waals surface area (Å²) in [5.74, 6) is 0.328. The van der Waals surface area contributed by atoms with Crippen molar-refractivity contribution in [1.29, 1.82) is 0 Å². The highest BCUT2D eigenvalue weighted by Crippen LogP contribution is 2.26. The van der Waals surface area contributed by atoms with E-state index in [4.69, 9.17) is 5.11 Å². The van der Waals surface area contributed by atoms with Crippen LogP contribution in [0.25, 0.3) is 11.0 Å². The van der Waals surface area contributed by atoms with E-state index in [2.05, 4.69) is 28.8 Å². The lowest BCUT2D eigenvalue weighted by atomic mass is 10.2. The van der Waals surface area contributed by atoms with Crippen molar-refractivity contribution in [3.63, 3.8) is 0 Å². The maximum Gasteiger partial charge on any atom is 0.313 e. The molecule has 0 aliphatic rings. The van der Waals surface area contributed by atoms with Crippen LogP contribution in [0.1, 0.15) is 12.0 Å². The van der Waals surface area contributed by atoms with Gasteiger partial charge in [0, 0.05) is 6.54 Å². The molecule has 0 spiro atoms. The number of carbonyl (C=O) groups is 1. The first-order valence-corrected chi connectivity index (χ1v) is 8.81. The molecule has 1 heterocycles. The van der Waals surface area contributed by atoms with E-state index in [9.17, 15) is 4.79 Å². The van der Waals surface area contributed by atoms with E-state index in [1.54, 1.807) is 0 Å². The lowest BCUT2D eigenvalue weighted by Gasteiger charge is -2.09. The van der Waals surface area contributed by atoms with Crippen LogP contribution in [-0.4, -0.2) is 38.4 Å². The van der Waals surface area contributed by atoms with E-state index in [0.29, 0.717) is 0 Å². The van der Waals surface area contributed by atoms with Crippen molar-refractivity contribution in [3.05, 3.63) is 23.8 Å². The SMILES string of the molecule is CSCCCn1c(SCC(=O)O)nc2cccc(C)c21. The molecule has 2 aromatic rings. The fraction of sp³-hybridized carbons (Fsp3) is 0.429. The quantitative estimate of drug-likeness (QED) is 0.628. The second-order valence-corrected chi connectivity index (χ2v) is 6.45. The van der Waals surface area contributed by atoms with Gasteiger partial charge in [-0.2, -0.15) is 11.8 Å². The summed E-state index contributed by atoms with van der Waals surface area (Å²) in [4.78, 5) is 15.3. The van der Waals surface area contributed by atoms with Gasteiger partial charge in [-0.25, -0.2) is 4.98 Å². The Morgan fingerprint density at radius 2 is 2.25 bits per heavy atom. The summed E-state index contributed by atoms with van der Waals surface area (Å²) >= 11 is 3.12. The Hall–Kier alpha value is -1.14. The second-order valence-electron chi connectivity index (χ2n) is 4.52. The van der Waals surface area contributed by atoms with Crippen LogP contribution in [0.2, 0.25) is 0 Å². The van der Waals surface area contributed by atoms with Crippen molar-refractivity contribution >= 4 is 40.5 Å². The van der Waals surface area contributed by atoms with Gasteiger partial charge in [-0.15, -0.1) is 0 Å². The first kappa shape index (κ1) is 15.3. The van der Waals surface area contributed by atoms with Crippen molar-refractivity contribution in [3.8, 4) is 0 Å². The Bertz CT molecular complexity index is 610. The van der Waals surface area contributed by atoms with E-state index in [1.165, 1.54) is 17.3 Å². The molecule has 0 aliphatic carbocycles. The summed E-state index contributed by atoms with van der Waals surface area (Å²) in [5, 5.41) is 9.65. The number of hydrogen-bond acceptors (Lipinski definition) is 4. The summed E-state index contributed by atoms with van der Waals surface area (Å²) < 4.78 is 2.16. The minimum absolute atomic E-state index is 0.0465. The molecule has 1 aromatic heterocycles. The molecule has 20 heavy (non-hydrogen) atoms. The van der Waals surface area contributed by atoms with E-state index in [1.807, 2.05) is 23.9 Å². The molecule has 0 aliphatic heterocycles. The van der Waals surface area contributed by atoms with E-state index in [0.717, 1.165) is 34.9 Å². The maximum absolute atomic E-state index is 10.8. The molecular formula is C14H18N2O2S2. The highest BCUT2D eigenvalue weighted by molar-refractivity contribution is 7.99. The number of para-hydroxylation sites is 1. The number of aromatic nitrogens is 2. The number of carboxylic acids is 1. The van der Waals surface area contributed by atoms with Crippen LogP contribution in [0.5, 0.6) is 0 Å². The third-order valence-electron chi connectivity index (χ3n) is 2.99. The predicted molar refractivity (Wildman–Crippen MR) is 85.8 cm³/mol. The molecule has 0 saturated heterocycles. The summed E-state index contributed by atoms with van der Waals surface area (Å²) in [6, 6.07) is 6.04. The van der Waals surface area contributed by atoms with Crippen LogP contribution in [0.15, 0.2) is 23.4 Å². The standard InChI is InChI=1S/C14H18N2O2S2/c1-10-5-3-6-11-13(10)16(7-4-8-19-2)14(15-11)20-9-12(17)18/h3,5-6H,4,7-9H2,1-2H3,(H,17,18). The normalized spacial score (nSPS) is 11.1. The van der Waals surface area contributed by atoms with Crippen LogP contribution in [-0.2, 0) is 11.3 Å². The van der Waals surface area contributed by atoms with Crippen molar-refractivity contribution in [2.75, 3.05) is 17.8 Å². The monoisotopic (exact) mass is 310 g/mol. The van der Waals surface area contributed by atoms with Crippen molar-refractivity contribution in [2.24, 2.45) is 0 Å². The fourth-order valence-electron chi connectivity index (χ4n) is 2.15. The Labute approximate surface area is 127 Å². The summed E-state index contributed by atoms with van der Waals surface area (Å²) in [6.45, 7) is 2.95. The largest absolute Gasteiger partial charge is 0.481 e. The number of rotatable bonds is 7. The van der Waals surface area contributed by atoms with E-state index >= 15 is 0 Å². The average molecular weight is 310 g/mol. The van der Waals surface area contributed by atoms with Gasteiger partial charge in [-0.05, 0) is 37.0 Å². The first-order chi connectivity index (χ1) is 9.63. The number of carboxylic acid groups (broad SMARTS) is 1. The minimum Gasteiger partial charge on any atom is -0.481 e. The van der Waals surface area contributed by atoms with Crippen molar-refractivity contribution in [2.45, 2.75) is 25.0 Å². The molecule has 0 saturated carbocycles. The summed E-state index contributed by atoms with van der Waals surface area (Å²) in [5.41, 5.74) is 3.25. The summed E-state index contributed by atoms with van der Waals surface area (Å²) in [7, 11) is 0. The van der Waals surface area contributed by atoms with Gasteiger partial charge in [0.1, 0.15) is 0 Å². The molecule has 4 nitrogen and oxygen atoms in total. The molecule has 1 aromatic carbocycles. The highest BCUT2D eigenvalue weighted by Gasteiger charge is 2.13. The van der Waals surface area contributed by atoms with E-state index < -0.39 is 5.97 Å². The fourth-order valence-corrected chi connectivity index (χ4v) is 3.33. The molecule has 0 bridgehead atoms. The number of imidazole rings is 1.